The first-order valence-corrected chi connectivity index (χ1v) is 9.09. The smallest absolute Gasteiger partial charge is 0.130 e. The molecule has 2 aromatic heterocycles. The predicted octanol–water partition coefficient (Wildman–Crippen LogP) is 2.44. The molecule has 2 heterocycles. The summed E-state index contributed by atoms with van der Waals surface area (Å²) in [4.78, 5) is 2.97. The zero-order valence-electron chi connectivity index (χ0n) is 12.2. The van der Waals surface area contributed by atoms with Crippen LogP contribution in [0.1, 0.15) is 0 Å². The SMILES string of the molecule is c1ccc(-n2nnc(SSc3nnn(-c4ccccc4)n3)n2)cc1. The van der Waals surface area contributed by atoms with Crippen molar-refractivity contribution in [1.29, 1.82) is 0 Å². The number of aromatic nitrogens is 8. The van der Waals surface area contributed by atoms with Gasteiger partial charge in [-0.15, -0.1) is 30.0 Å². The van der Waals surface area contributed by atoms with Crippen molar-refractivity contribution in [1.82, 2.24) is 40.4 Å². The number of para-hydroxylation sites is 2. The van der Waals surface area contributed by atoms with E-state index in [1.807, 2.05) is 60.7 Å². The molecule has 8 nitrogen and oxygen atoms in total. The van der Waals surface area contributed by atoms with E-state index in [1.165, 1.54) is 31.2 Å². The molecule has 24 heavy (non-hydrogen) atoms. The summed E-state index contributed by atoms with van der Waals surface area (Å²) in [6.07, 6.45) is 0. The van der Waals surface area contributed by atoms with Gasteiger partial charge in [0, 0.05) is 0 Å². The van der Waals surface area contributed by atoms with Gasteiger partial charge in [-0.3, -0.25) is 0 Å². The fourth-order valence-electron chi connectivity index (χ4n) is 1.89. The molecule has 0 saturated heterocycles. The maximum Gasteiger partial charge on any atom is 0.242 e. The Morgan fingerprint density at radius 1 is 0.583 bits per heavy atom. The molecule has 0 fully saturated rings. The first-order chi connectivity index (χ1) is 11.9. The normalized spacial score (nSPS) is 10.8. The van der Waals surface area contributed by atoms with Gasteiger partial charge in [-0.2, -0.15) is 0 Å². The third kappa shape index (κ3) is 3.29. The Balaban J connectivity index is 1.43. The summed E-state index contributed by atoms with van der Waals surface area (Å²) in [5.74, 6) is 0. The lowest BCUT2D eigenvalue weighted by Gasteiger charge is -1.95. The van der Waals surface area contributed by atoms with Gasteiger partial charge < -0.3 is 0 Å². The van der Waals surface area contributed by atoms with Gasteiger partial charge >= 0.3 is 0 Å². The molecule has 0 aliphatic heterocycles. The Hall–Kier alpha value is -2.72. The van der Waals surface area contributed by atoms with Crippen molar-refractivity contribution in [2.24, 2.45) is 0 Å². The molecule has 118 valence electrons. The molecular weight excluding hydrogens is 344 g/mol. The van der Waals surface area contributed by atoms with Crippen LogP contribution in [0.4, 0.5) is 0 Å². The van der Waals surface area contributed by atoms with Gasteiger partial charge in [0.15, 0.2) is 0 Å². The first-order valence-electron chi connectivity index (χ1n) is 6.94. The molecule has 0 bridgehead atoms. The highest BCUT2D eigenvalue weighted by molar-refractivity contribution is 8.76. The molecule has 0 atom stereocenters. The zero-order chi connectivity index (χ0) is 16.2. The van der Waals surface area contributed by atoms with E-state index < -0.39 is 0 Å². The lowest BCUT2D eigenvalue weighted by molar-refractivity contribution is 0.716. The Labute approximate surface area is 144 Å². The summed E-state index contributed by atoms with van der Waals surface area (Å²) in [5.41, 5.74) is 1.71. The molecule has 0 aliphatic carbocycles. The summed E-state index contributed by atoms with van der Waals surface area (Å²) < 4.78 is 0. The number of nitrogens with zero attached hydrogens (tertiary/aromatic N) is 8. The highest BCUT2D eigenvalue weighted by Gasteiger charge is 2.10. The van der Waals surface area contributed by atoms with Crippen molar-refractivity contribution in [2.75, 3.05) is 0 Å². The van der Waals surface area contributed by atoms with E-state index in [0.717, 1.165) is 11.4 Å². The van der Waals surface area contributed by atoms with Crippen LogP contribution < -0.4 is 0 Å². The van der Waals surface area contributed by atoms with Gasteiger partial charge in [0.2, 0.25) is 10.3 Å². The van der Waals surface area contributed by atoms with E-state index in [1.54, 1.807) is 0 Å². The fourth-order valence-corrected chi connectivity index (χ4v) is 3.24. The monoisotopic (exact) mass is 354 g/mol. The topological polar surface area (TPSA) is 87.2 Å². The Morgan fingerprint density at radius 2 is 1.00 bits per heavy atom. The van der Waals surface area contributed by atoms with Crippen molar-refractivity contribution in [2.45, 2.75) is 10.3 Å². The number of hydrogen-bond acceptors (Lipinski definition) is 8. The van der Waals surface area contributed by atoms with Crippen LogP contribution in [0.5, 0.6) is 0 Å². The van der Waals surface area contributed by atoms with Crippen LogP contribution in [-0.2, 0) is 0 Å². The Kier molecular flexibility index (Phi) is 4.21. The minimum Gasteiger partial charge on any atom is -0.130 e. The molecule has 10 heteroatoms. The van der Waals surface area contributed by atoms with Gasteiger partial charge in [-0.25, -0.2) is 0 Å². The molecule has 0 amide bonds. The average Bonchev–Trinajstić information content (AvgIpc) is 3.31. The lowest BCUT2D eigenvalue weighted by Crippen LogP contribution is -1.98. The van der Waals surface area contributed by atoms with Crippen molar-refractivity contribution in [3.63, 3.8) is 0 Å². The van der Waals surface area contributed by atoms with E-state index in [2.05, 4.69) is 30.8 Å². The molecule has 0 aliphatic rings. The minimum absolute atomic E-state index is 0.528. The summed E-state index contributed by atoms with van der Waals surface area (Å²) >= 11 is 0. The molecule has 4 aromatic rings. The predicted molar refractivity (Wildman–Crippen MR) is 90.0 cm³/mol. The Bertz CT molecular complexity index is 844. The van der Waals surface area contributed by atoms with E-state index in [9.17, 15) is 0 Å². The van der Waals surface area contributed by atoms with Crippen LogP contribution in [0, 0.1) is 0 Å². The Morgan fingerprint density at radius 3 is 1.42 bits per heavy atom. The van der Waals surface area contributed by atoms with Crippen molar-refractivity contribution in [3.05, 3.63) is 60.7 Å². The largest absolute Gasteiger partial charge is 0.242 e. The lowest BCUT2D eigenvalue weighted by atomic mass is 10.3. The standard InChI is InChI=1S/C14H10N8S2/c1-3-7-11(8-4-1)21-17-13(15-19-21)23-24-14-16-20-22(18-14)12-9-5-2-6-10-12/h1-10H. The number of rotatable bonds is 5. The van der Waals surface area contributed by atoms with Crippen LogP contribution in [0.25, 0.3) is 11.4 Å². The second-order valence-corrected chi connectivity index (χ2v) is 6.62. The zero-order valence-corrected chi connectivity index (χ0v) is 13.8. The van der Waals surface area contributed by atoms with Gasteiger partial charge in [0.05, 0.1) is 11.4 Å². The van der Waals surface area contributed by atoms with Crippen molar-refractivity contribution < 1.29 is 0 Å². The second-order valence-electron chi connectivity index (χ2n) is 4.56. The summed E-state index contributed by atoms with van der Waals surface area (Å²) in [7, 11) is 2.66. The van der Waals surface area contributed by atoms with E-state index in [4.69, 9.17) is 0 Å². The number of hydrogen-bond donors (Lipinski definition) is 0. The van der Waals surface area contributed by atoms with E-state index in [-0.39, 0.29) is 0 Å². The molecule has 2 aromatic carbocycles. The summed E-state index contributed by atoms with van der Waals surface area (Å²) in [5, 5.41) is 25.8. The fraction of sp³-hybridized carbons (Fsp3) is 0. The van der Waals surface area contributed by atoms with Crippen LogP contribution in [0.2, 0.25) is 0 Å². The van der Waals surface area contributed by atoms with Crippen LogP contribution in [0.15, 0.2) is 71.0 Å². The molecule has 0 unspecified atom stereocenters. The van der Waals surface area contributed by atoms with Crippen LogP contribution in [-0.4, -0.2) is 40.4 Å². The van der Waals surface area contributed by atoms with E-state index in [0.29, 0.717) is 10.3 Å². The first kappa shape index (κ1) is 14.8. The maximum atomic E-state index is 4.31. The van der Waals surface area contributed by atoms with Crippen molar-refractivity contribution in [3.8, 4) is 11.4 Å². The number of tetrazole rings is 2. The molecule has 4 rings (SSSR count). The summed E-state index contributed by atoms with van der Waals surface area (Å²) in [6.45, 7) is 0. The third-order valence-corrected chi connectivity index (χ3v) is 4.81. The quantitative estimate of drug-likeness (QED) is 0.505. The molecule has 0 spiro atoms. The average molecular weight is 354 g/mol. The highest BCUT2D eigenvalue weighted by atomic mass is 33.1. The van der Waals surface area contributed by atoms with Crippen molar-refractivity contribution >= 4 is 21.6 Å². The summed E-state index contributed by atoms with van der Waals surface area (Å²) in [6, 6.07) is 19.2. The van der Waals surface area contributed by atoms with Gasteiger partial charge in [-0.05, 0) is 56.3 Å². The molecule has 0 radical (unpaired) electrons. The molecule has 0 N–H and O–H groups in total. The van der Waals surface area contributed by atoms with Gasteiger partial charge in [0.25, 0.3) is 0 Å². The second kappa shape index (κ2) is 6.81. The number of benzene rings is 2. The highest BCUT2D eigenvalue weighted by Crippen LogP contribution is 2.32. The van der Waals surface area contributed by atoms with Crippen LogP contribution in [0.3, 0.4) is 0 Å². The molecule has 0 saturated carbocycles. The van der Waals surface area contributed by atoms with E-state index >= 15 is 0 Å². The van der Waals surface area contributed by atoms with Gasteiger partial charge in [0.1, 0.15) is 0 Å². The molecular formula is C14H10N8S2. The van der Waals surface area contributed by atoms with Crippen LogP contribution >= 0.6 is 21.6 Å². The van der Waals surface area contributed by atoms with Gasteiger partial charge in [-0.1, -0.05) is 36.4 Å². The third-order valence-electron chi connectivity index (χ3n) is 2.96. The minimum atomic E-state index is 0.528. The maximum absolute atomic E-state index is 4.31.